The van der Waals surface area contributed by atoms with Gasteiger partial charge in [0.2, 0.25) is 0 Å². The van der Waals surface area contributed by atoms with Crippen LogP contribution >= 0.6 is 23.5 Å². The fourth-order valence-corrected chi connectivity index (χ4v) is 5.26. The molecular weight excluding hydrogens is 232 g/mol. The van der Waals surface area contributed by atoms with E-state index in [1.54, 1.807) is 0 Å². The highest BCUT2D eigenvalue weighted by Gasteiger charge is 2.27. The molecule has 0 aromatic heterocycles. The molecule has 0 radical (unpaired) electrons. The second-order valence-electron chi connectivity index (χ2n) is 5.06. The van der Waals surface area contributed by atoms with Crippen LogP contribution in [0.4, 0.5) is 0 Å². The summed E-state index contributed by atoms with van der Waals surface area (Å²) >= 11 is 4.40. The van der Waals surface area contributed by atoms with Gasteiger partial charge in [0.15, 0.2) is 0 Å². The average Bonchev–Trinajstić information content (AvgIpc) is 2.29. The van der Waals surface area contributed by atoms with E-state index >= 15 is 0 Å². The first kappa shape index (κ1) is 14.8. The molecule has 0 N–H and O–H groups in total. The van der Waals surface area contributed by atoms with Crippen molar-refractivity contribution in [2.45, 2.75) is 75.7 Å². The first-order valence-electron chi connectivity index (χ1n) is 7.05. The SMILES string of the molecule is CCCCCCCCCC1(C)SCCCS1. The van der Waals surface area contributed by atoms with Gasteiger partial charge in [0.1, 0.15) is 0 Å². The molecule has 0 saturated carbocycles. The van der Waals surface area contributed by atoms with Crippen LogP contribution in [0, 0.1) is 0 Å². The van der Waals surface area contributed by atoms with Crippen LogP contribution < -0.4 is 0 Å². The lowest BCUT2D eigenvalue weighted by atomic mass is 10.1. The third-order valence-corrected chi connectivity index (χ3v) is 6.66. The largest absolute Gasteiger partial charge is 0.144 e. The van der Waals surface area contributed by atoms with Crippen molar-refractivity contribution < 1.29 is 0 Å². The molecule has 1 fully saturated rings. The molecule has 16 heavy (non-hydrogen) atoms. The molecular formula is C14H28S2. The van der Waals surface area contributed by atoms with Crippen molar-refractivity contribution in [2.75, 3.05) is 11.5 Å². The van der Waals surface area contributed by atoms with E-state index in [0.29, 0.717) is 4.08 Å². The van der Waals surface area contributed by atoms with Crippen molar-refractivity contribution in [1.29, 1.82) is 0 Å². The minimum absolute atomic E-state index is 0.557. The fraction of sp³-hybridized carbons (Fsp3) is 1.00. The van der Waals surface area contributed by atoms with Gasteiger partial charge >= 0.3 is 0 Å². The summed E-state index contributed by atoms with van der Waals surface area (Å²) in [5.74, 6) is 2.78. The predicted molar refractivity (Wildman–Crippen MR) is 80.5 cm³/mol. The molecule has 0 unspecified atom stereocenters. The third-order valence-electron chi connectivity index (χ3n) is 3.34. The number of hydrogen-bond acceptors (Lipinski definition) is 2. The van der Waals surface area contributed by atoms with E-state index in [2.05, 4.69) is 37.4 Å². The highest BCUT2D eigenvalue weighted by Crippen LogP contribution is 2.45. The number of rotatable bonds is 8. The van der Waals surface area contributed by atoms with E-state index in [9.17, 15) is 0 Å². The van der Waals surface area contributed by atoms with Crippen molar-refractivity contribution in [3.05, 3.63) is 0 Å². The molecule has 96 valence electrons. The molecule has 1 aliphatic heterocycles. The highest BCUT2D eigenvalue weighted by atomic mass is 32.2. The molecule has 0 spiro atoms. The van der Waals surface area contributed by atoms with Gasteiger partial charge in [0.05, 0.1) is 4.08 Å². The van der Waals surface area contributed by atoms with Gasteiger partial charge in [-0.15, -0.1) is 23.5 Å². The summed E-state index contributed by atoms with van der Waals surface area (Å²) in [6.45, 7) is 4.75. The van der Waals surface area contributed by atoms with Crippen LogP contribution in [-0.4, -0.2) is 15.6 Å². The Morgan fingerprint density at radius 3 is 2.06 bits per heavy atom. The van der Waals surface area contributed by atoms with Crippen molar-refractivity contribution >= 4 is 23.5 Å². The maximum Gasteiger partial charge on any atom is 0.0583 e. The molecule has 2 heteroatoms. The lowest BCUT2D eigenvalue weighted by Gasteiger charge is -2.32. The van der Waals surface area contributed by atoms with E-state index < -0.39 is 0 Å². The summed E-state index contributed by atoms with van der Waals surface area (Å²) in [5, 5.41) is 0. The molecule has 0 aromatic rings. The lowest BCUT2D eigenvalue weighted by molar-refractivity contribution is 0.568. The van der Waals surface area contributed by atoms with Crippen LogP contribution in [0.5, 0.6) is 0 Å². The van der Waals surface area contributed by atoms with Crippen LogP contribution in [0.3, 0.4) is 0 Å². The highest BCUT2D eigenvalue weighted by molar-refractivity contribution is 8.18. The molecule has 0 aliphatic carbocycles. The smallest absolute Gasteiger partial charge is 0.0583 e. The van der Waals surface area contributed by atoms with Crippen molar-refractivity contribution in [1.82, 2.24) is 0 Å². The summed E-state index contributed by atoms with van der Waals surface area (Å²) in [5.41, 5.74) is 0. The Bertz CT molecular complexity index is 162. The Morgan fingerprint density at radius 1 is 0.875 bits per heavy atom. The van der Waals surface area contributed by atoms with Crippen molar-refractivity contribution in [3.63, 3.8) is 0 Å². The van der Waals surface area contributed by atoms with Gasteiger partial charge in [0.25, 0.3) is 0 Å². The quantitative estimate of drug-likeness (QED) is 0.512. The summed E-state index contributed by atoms with van der Waals surface area (Å²) < 4.78 is 0.557. The predicted octanol–water partition coefficient (Wildman–Crippen LogP) is 5.71. The van der Waals surface area contributed by atoms with Gasteiger partial charge in [-0.2, -0.15) is 0 Å². The van der Waals surface area contributed by atoms with E-state index in [-0.39, 0.29) is 0 Å². The Labute approximate surface area is 111 Å². The normalized spacial score (nSPS) is 19.9. The lowest BCUT2D eigenvalue weighted by Crippen LogP contribution is -2.20. The van der Waals surface area contributed by atoms with Crippen molar-refractivity contribution in [3.8, 4) is 0 Å². The molecule has 0 atom stereocenters. The number of thioether (sulfide) groups is 2. The summed E-state index contributed by atoms with van der Waals surface area (Å²) in [7, 11) is 0. The zero-order valence-corrected chi connectivity index (χ0v) is 12.7. The maximum atomic E-state index is 2.46. The van der Waals surface area contributed by atoms with Crippen LogP contribution in [0.2, 0.25) is 0 Å². The number of unbranched alkanes of at least 4 members (excludes halogenated alkanes) is 6. The molecule has 0 aromatic carbocycles. The molecule has 0 amide bonds. The molecule has 1 saturated heterocycles. The minimum atomic E-state index is 0.557. The van der Waals surface area contributed by atoms with E-state index in [0.717, 1.165) is 0 Å². The Hall–Kier alpha value is 0.700. The van der Waals surface area contributed by atoms with Gasteiger partial charge in [0, 0.05) is 0 Å². The van der Waals surface area contributed by atoms with Crippen LogP contribution in [-0.2, 0) is 0 Å². The van der Waals surface area contributed by atoms with Crippen LogP contribution in [0.1, 0.15) is 71.6 Å². The van der Waals surface area contributed by atoms with Crippen LogP contribution in [0.25, 0.3) is 0 Å². The van der Waals surface area contributed by atoms with Gasteiger partial charge in [-0.3, -0.25) is 0 Å². The molecule has 1 aliphatic rings. The standard InChI is InChI=1S/C14H28S2/c1-3-4-5-6-7-8-9-11-14(2)15-12-10-13-16-14/h3-13H2,1-2H3. The van der Waals surface area contributed by atoms with Crippen LogP contribution in [0.15, 0.2) is 0 Å². The Kier molecular flexibility index (Phi) is 8.06. The van der Waals surface area contributed by atoms with E-state index in [1.165, 1.54) is 69.3 Å². The first-order valence-corrected chi connectivity index (χ1v) is 9.02. The molecule has 0 nitrogen and oxygen atoms in total. The molecule has 1 rings (SSSR count). The topological polar surface area (TPSA) is 0 Å². The molecule has 0 bridgehead atoms. The Morgan fingerprint density at radius 2 is 1.44 bits per heavy atom. The Balaban J connectivity index is 1.93. The average molecular weight is 261 g/mol. The third kappa shape index (κ3) is 6.44. The second-order valence-corrected chi connectivity index (χ2v) is 8.51. The summed E-state index contributed by atoms with van der Waals surface area (Å²) in [6, 6.07) is 0. The van der Waals surface area contributed by atoms with E-state index in [4.69, 9.17) is 0 Å². The number of hydrogen-bond donors (Lipinski definition) is 0. The first-order chi connectivity index (χ1) is 7.77. The zero-order valence-electron chi connectivity index (χ0n) is 11.1. The zero-order chi connectivity index (χ0) is 11.7. The van der Waals surface area contributed by atoms with E-state index in [1.807, 2.05) is 0 Å². The maximum absolute atomic E-state index is 2.46. The summed E-state index contributed by atoms with van der Waals surface area (Å²) in [6.07, 6.45) is 12.9. The van der Waals surface area contributed by atoms with Gasteiger partial charge < -0.3 is 0 Å². The molecule has 1 heterocycles. The minimum Gasteiger partial charge on any atom is -0.144 e. The fourth-order valence-electron chi connectivity index (χ4n) is 2.22. The van der Waals surface area contributed by atoms with Gasteiger partial charge in [-0.05, 0) is 31.3 Å². The van der Waals surface area contributed by atoms with Crippen molar-refractivity contribution in [2.24, 2.45) is 0 Å². The summed E-state index contributed by atoms with van der Waals surface area (Å²) in [4.78, 5) is 0. The van der Waals surface area contributed by atoms with Gasteiger partial charge in [-0.1, -0.05) is 51.9 Å². The second kappa shape index (κ2) is 8.74. The van der Waals surface area contributed by atoms with Gasteiger partial charge in [-0.25, -0.2) is 0 Å². The monoisotopic (exact) mass is 260 g/mol.